The number of aromatic nitrogens is 2. The molecule has 0 radical (unpaired) electrons. The number of likely N-dealkylation sites (N-methyl/N-ethyl adjacent to an activating group) is 1. The predicted octanol–water partition coefficient (Wildman–Crippen LogP) is 2.67. The van der Waals surface area contributed by atoms with Crippen LogP contribution >= 0.6 is 0 Å². The smallest absolute Gasteiger partial charge is 0.295 e. The fraction of sp³-hybridized carbons (Fsp3) is 0.304. The van der Waals surface area contributed by atoms with Gasteiger partial charge >= 0.3 is 0 Å². The third kappa shape index (κ3) is 3.94. The quantitative estimate of drug-likeness (QED) is 0.661. The number of carbonyl (C=O) groups excluding carboxylic acids is 1. The highest BCUT2D eigenvalue weighted by atomic mass is 16.7. The summed E-state index contributed by atoms with van der Waals surface area (Å²) in [6.45, 7) is 4.41. The van der Waals surface area contributed by atoms with Gasteiger partial charge in [0.15, 0.2) is 11.5 Å². The van der Waals surface area contributed by atoms with Crippen LogP contribution < -0.4 is 20.3 Å². The van der Waals surface area contributed by atoms with Gasteiger partial charge in [0.2, 0.25) is 12.7 Å². The molecule has 31 heavy (non-hydrogen) atoms. The minimum atomic E-state index is -0.449. The molecule has 1 aromatic heterocycles. The average Bonchev–Trinajstić information content (AvgIpc) is 3.32. The molecule has 8 heteroatoms. The summed E-state index contributed by atoms with van der Waals surface area (Å²) in [6, 6.07) is 14.6. The van der Waals surface area contributed by atoms with E-state index >= 15 is 0 Å². The second kappa shape index (κ2) is 8.31. The monoisotopic (exact) mass is 422 g/mol. The van der Waals surface area contributed by atoms with E-state index in [4.69, 9.17) is 9.47 Å². The molecule has 0 bridgehead atoms. The number of amides is 1. The van der Waals surface area contributed by atoms with E-state index in [-0.39, 0.29) is 18.3 Å². The average molecular weight is 422 g/mol. The summed E-state index contributed by atoms with van der Waals surface area (Å²) in [4.78, 5) is 27.9. The molecule has 1 unspecified atom stereocenters. The Morgan fingerprint density at radius 2 is 1.87 bits per heavy atom. The lowest BCUT2D eigenvalue weighted by Gasteiger charge is -2.23. The van der Waals surface area contributed by atoms with E-state index in [0.29, 0.717) is 23.7 Å². The maximum Gasteiger partial charge on any atom is 0.295 e. The molecule has 0 aliphatic carbocycles. The number of carbonyl (C=O) groups is 1. The Hall–Kier alpha value is -3.52. The van der Waals surface area contributed by atoms with Gasteiger partial charge in [0.05, 0.1) is 17.4 Å². The Labute approximate surface area is 180 Å². The molecule has 2 aromatic carbocycles. The predicted molar refractivity (Wildman–Crippen MR) is 118 cm³/mol. The number of hydrogen-bond acceptors (Lipinski definition) is 5. The number of fused-ring (bicyclic) bond motifs is 1. The van der Waals surface area contributed by atoms with Gasteiger partial charge in [0.1, 0.15) is 5.69 Å². The van der Waals surface area contributed by atoms with Gasteiger partial charge in [-0.1, -0.05) is 24.3 Å². The van der Waals surface area contributed by atoms with Crippen LogP contribution in [0.5, 0.6) is 11.5 Å². The van der Waals surface area contributed by atoms with Crippen LogP contribution in [0.3, 0.4) is 0 Å². The maximum atomic E-state index is 13.0. The molecule has 1 aliphatic rings. The van der Waals surface area contributed by atoms with Gasteiger partial charge < -0.3 is 14.8 Å². The number of ether oxygens (including phenoxy) is 2. The molecule has 4 rings (SSSR count). The zero-order valence-corrected chi connectivity index (χ0v) is 18.1. The van der Waals surface area contributed by atoms with Gasteiger partial charge in [-0.15, -0.1) is 0 Å². The summed E-state index contributed by atoms with van der Waals surface area (Å²) in [6.07, 6.45) is 0. The van der Waals surface area contributed by atoms with Crippen LogP contribution in [-0.2, 0) is 18.4 Å². The zero-order chi connectivity index (χ0) is 22.1. The lowest BCUT2D eigenvalue weighted by Crippen LogP contribution is -2.40. The third-order valence-corrected chi connectivity index (χ3v) is 5.71. The number of nitrogens with zero attached hydrogens (tertiary/aromatic N) is 3. The van der Waals surface area contributed by atoms with Crippen LogP contribution in [0.2, 0.25) is 0 Å². The first-order valence-corrected chi connectivity index (χ1v) is 10.1. The topological polar surface area (TPSA) is 77.7 Å². The molecule has 0 fully saturated rings. The minimum absolute atomic E-state index is 0.227. The van der Waals surface area contributed by atoms with Crippen molar-refractivity contribution in [3.63, 3.8) is 0 Å². The number of nitrogens with one attached hydrogen (secondary N) is 1. The van der Waals surface area contributed by atoms with E-state index in [1.54, 1.807) is 16.4 Å². The molecule has 2 heterocycles. The molecule has 0 saturated carbocycles. The Kier molecular flexibility index (Phi) is 5.56. The molecule has 8 nitrogen and oxygen atoms in total. The highest BCUT2D eigenvalue weighted by Crippen LogP contribution is 2.32. The van der Waals surface area contributed by atoms with Crippen LogP contribution in [0.15, 0.2) is 53.3 Å². The Balaban J connectivity index is 1.49. The van der Waals surface area contributed by atoms with E-state index in [1.807, 2.05) is 74.3 Å². The number of para-hydroxylation sites is 1. The summed E-state index contributed by atoms with van der Waals surface area (Å²) >= 11 is 0. The van der Waals surface area contributed by atoms with Crippen molar-refractivity contribution in [2.24, 2.45) is 7.05 Å². The van der Waals surface area contributed by atoms with Crippen LogP contribution in [0.25, 0.3) is 5.69 Å². The van der Waals surface area contributed by atoms with Crippen molar-refractivity contribution in [3.05, 3.63) is 70.1 Å². The molecule has 1 N–H and O–H groups in total. The van der Waals surface area contributed by atoms with Crippen molar-refractivity contribution in [1.82, 2.24) is 14.3 Å². The van der Waals surface area contributed by atoms with Gasteiger partial charge in [-0.05, 0) is 50.7 Å². The first-order chi connectivity index (χ1) is 14.9. The van der Waals surface area contributed by atoms with E-state index in [2.05, 4.69) is 5.32 Å². The minimum Gasteiger partial charge on any atom is -0.454 e. The van der Waals surface area contributed by atoms with E-state index in [9.17, 15) is 9.59 Å². The Morgan fingerprint density at radius 1 is 1.16 bits per heavy atom. The van der Waals surface area contributed by atoms with E-state index in [0.717, 1.165) is 17.0 Å². The SMILES string of the molecule is Cc1c(NC(=O)C(C)N(C)Cc2ccc3c(c2)OCO3)c(=O)n(-c2ccccc2)n1C. The molecule has 0 spiro atoms. The fourth-order valence-corrected chi connectivity index (χ4v) is 3.60. The molecule has 1 atom stereocenters. The van der Waals surface area contributed by atoms with Crippen molar-refractivity contribution in [2.75, 3.05) is 19.2 Å². The van der Waals surface area contributed by atoms with Crippen molar-refractivity contribution >= 4 is 11.6 Å². The van der Waals surface area contributed by atoms with Crippen molar-refractivity contribution in [3.8, 4) is 17.2 Å². The number of rotatable bonds is 6. The highest BCUT2D eigenvalue weighted by molar-refractivity contribution is 5.94. The maximum absolute atomic E-state index is 13.0. The summed E-state index contributed by atoms with van der Waals surface area (Å²) in [5.41, 5.74) is 2.47. The van der Waals surface area contributed by atoms with E-state index in [1.165, 1.54) is 0 Å². The van der Waals surface area contributed by atoms with Gasteiger partial charge in [0, 0.05) is 13.6 Å². The van der Waals surface area contributed by atoms with Gasteiger partial charge in [-0.2, -0.15) is 0 Å². The van der Waals surface area contributed by atoms with Gasteiger partial charge in [0.25, 0.3) is 5.56 Å². The molecule has 1 amide bonds. The van der Waals surface area contributed by atoms with Crippen LogP contribution in [-0.4, -0.2) is 40.1 Å². The zero-order valence-electron chi connectivity index (χ0n) is 18.1. The molecule has 3 aromatic rings. The first-order valence-electron chi connectivity index (χ1n) is 10.1. The van der Waals surface area contributed by atoms with Crippen molar-refractivity contribution in [1.29, 1.82) is 0 Å². The number of anilines is 1. The normalized spacial score (nSPS) is 13.5. The number of hydrogen-bond donors (Lipinski definition) is 1. The molecule has 162 valence electrons. The second-order valence-electron chi connectivity index (χ2n) is 7.70. The summed E-state index contributed by atoms with van der Waals surface area (Å²) in [7, 11) is 3.67. The summed E-state index contributed by atoms with van der Waals surface area (Å²) in [5, 5.41) is 2.84. The first kappa shape index (κ1) is 20.7. The molecular weight excluding hydrogens is 396 g/mol. The largest absolute Gasteiger partial charge is 0.454 e. The summed E-state index contributed by atoms with van der Waals surface area (Å²) < 4.78 is 14.1. The van der Waals surface area contributed by atoms with Crippen molar-refractivity contribution < 1.29 is 14.3 Å². The molecule has 1 aliphatic heterocycles. The van der Waals surface area contributed by atoms with E-state index < -0.39 is 6.04 Å². The lowest BCUT2D eigenvalue weighted by molar-refractivity contribution is -0.120. The lowest BCUT2D eigenvalue weighted by atomic mass is 10.1. The summed E-state index contributed by atoms with van der Waals surface area (Å²) in [5.74, 6) is 1.20. The third-order valence-electron chi connectivity index (χ3n) is 5.71. The standard InChI is InChI=1S/C23H26N4O4/c1-15-21(23(29)27(26(15)4)18-8-6-5-7-9-18)24-22(28)16(2)25(3)13-17-10-11-19-20(12-17)31-14-30-19/h5-12,16H,13-14H2,1-4H3,(H,24,28). The van der Waals surface area contributed by atoms with Crippen LogP contribution in [0, 0.1) is 6.92 Å². The van der Waals surface area contributed by atoms with Gasteiger partial charge in [-0.25, -0.2) is 4.68 Å². The Morgan fingerprint density at radius 3 is 2.61 bits per heavy atom. The Bertz CT molecular complexity index is 1170. The van der Waals surface area contributed by atoms with Crippen LogP contribution in [0.4, 0.5) is 5.69 Å². The molecular formula is C23H26N4O4. The fourth-order valence-electron chi connectivity index (χ4n) is 3.60. The van der Waals surface area contributed by atoms with Gasteiger partial charge in [-0.3, -0.25) is 19.2 Å². The molecule has 0 saturated heterocycles. The highest BCUT2D eigenvalue weighted by Gasteiger charge is 2.24. The number of benzene rings is 2. The van der Waals surface area contributed by atoms with Crippen LogP contribution in [0.1, 0.15) is 18.2 Å². The second-order valence-corrected chi connectivity index (χ2v) is 7.70. The van der Waals surface area contributed by atoms with Crippen molar-refractivity contribution in [2.45, 2.75) is 26.4 Å².